The molecule has 2 nitrogen and oxygen atoms in total. The minimum absolute atomic E-state index is 0.226. The summed E-state index contributed by atoms with van der Waals surface area (Å²) in [5.74, 6) is 0.483. The molecule has 0 radical (unpaired) electrons. The molecule has 90 valence electrons. The van der Waals surface area contributed by atoms with E-state index < -0.39 is 0 Å². The lowest BCUT2D eigenvalue weighted by atomic mass is 9.98. The summed E-state index contributed by atoms with van der Waals surface area (Å²) >= 11 is 0. The van der Waals surface area contributed by atoms with E-state index in [1.54, 1.807) is 0 Å². The lowest BCUT2D eigenvalue weighted by molar-refractivity contribution is -0.126. The van der Waals surface area contributed by atoms with Gasteiger partial charge in [0.15, 0.2) is 0 Å². The van der Waals surface area contributed by atoms with Crippen molar-refractivity contribution in [1.82, 2.24) is 5.32 Å². The second-order valence-corrected chi connectivity index (χ2v) is 4.45. The van der Waals surface area contributed by atoms with Crippen LogP contribution in [0.15, 0.2) is 0 Å². The zero-order valence-electron chi connectivity index (χ0n) is 10.8. The molecule has 0 aliphatic carbocycles. The molecule has 15 heavy (non-hydrogen) atoms. The van der Waals surface area contributed by atoms with Crippen molar-refractivity contribution in [3.63, 3.8) is 0 Å². The van der Waals surface area contributed by atoms with E-state index >= 15 is 0 Å². The molecule has 2 heteroatoms. The first-order valence-electron chi connectivity index (χ1n) is 6.45. The average Bonchev–Trinajstić information content (AvgIpc) is 2.19. The topological polar surface area (TPSA) is 29.1 Å². The van der Waals surface area contributed by atoms with Gasteiger partial charge >= 0.3 is 0 Å². The second kappa shape index (κ2) is 8.75. The molecule has 0 aliphatic rings. The molecule has 0 heterocycles. The Labute approximate surface area is 94.8 Å². The zero-order valence-corrected chi connectivity index (χ0v) is 10.8. The van der Waals surface area contributed by atoms with Gasteiger partial charge in [-0.2, -0.15) is 0 Å². The van der Waals surface area contributed by atoms with Crippen molar-refractivity contribution in [1.29, 1.82) is 0 Å². The van der Waals surface area contributed by atoms with Gasteiger partial charge < -0.3 is 5.32 Å². The summed E-state index contributed by atoms with van der Waals surface area (Å²) in [6, 6.07) is 0.332. The number of nitrogens with one attached hydrogen (secondary N) is 1. The molecule has 0 spiro atoms. The van der Waals surface area contributed by atoms with Crippen molar-refractivity contribution in [3.8, 4) is 0 Å². The van der Waals surface area contributed by atoms with Crippen molar-refractivity contribution < 1.29 is 4.79 Å². The van der Waals surface area contributed by atoms with Gasteiger partial charge in [0.05, 0.1) is 0 Å². The first-order valence-corrected chi connectivity index (χ1v) is 6.45. The van der Waals surface area contributed by atoms with Gasteiger partial charge in [0, 0.05) is 12.0 Å². The smallest absolute Gasteiger partial charge is 0.223 e. The zero-order chi connectivity index (χ0) is 11.7. The third kappa shape index (κ3) is 6.53. The normalized spacial score (nSPS) is 14.7. The molecule has 0 saturated carbocycles. The predicted octanol–water partition coefficient (Wildman–Crippen LogP) is 3.51. The molecule has 0 bridgehead atoms. The van der Waals surface area contributed by atoms with Gasteiger partial charge in [-0.05, 0) is 26.2 Å². The van der Waals surface area contributed by atoms with Gasteiger partial charge in [-0.15, -0.1) is 0 Å². The summed E-state index contributed by atoms with van der Waals surface area (Å²) in [5, 5.41) is 3.10. The van der Waals surface area contributed by atoms with Crippen LogP contribution in [0, 0.1) is 5.92 Å². The Morgan fingerprint density at radius 1 is 1.13 bits per heavy atom. The molecular weight excluding hydrogens is 186 g/mol. The summed E-state index contributed by atoms with van der Waals surface area (Å²) in [6.07, 6.45) is 6.55. The number of hydrogen-bond acceptors (Lipinski definition) is 1. The molecule has 0 aliphatic heterocycles. The number of amides is 1. The van der Waals surface area contributed by atoms with Crippen LogP contribution in [0.4, 0.5) is 0 Å². The number of hydrogen-bond donors (Lipinski definition) is 1. The molecular formula is C13H27NO. The number of rotatable bonds is 8. The van der Waals surface area contributed by atoms with E-state index in [9.17, 15) is 4.79 Å². The molecule has 1 N–H and O–H groups in total. The molecule has 0 saturated heterocycles. The fourth-order valence-electron chi connectivity index (χ4n) is 1.84. The average molecular weight is 213 g/mol. The first kappa shape index (κ1) is 14.5. The van der Waals surface area contributed by atoms with E-state index in [0.29, 0.717) is 6.04 Å². The standard InChI is InChI=1S/C13H27NO/c1-5-8-10-12(7-3)13(15)14-11(4)9-6-2/h11-12H,5-10H2,1-4H3,(H,14,15)/t11-,12+/m0/s1. The van der Waals surface area contributed by atoms with Crippen molar-refractivity contribution >= 4 is 5.91 Å². The fraction of sp³-hybridized carbons (Fsp3) is 0.923. The maximum absolute atomic E-state index is 11.9. The number of carbonyl (C=O) groups excluding carboxylic acids is 1. The van der Waals surface area contributed by atoms with Crippen LogP contribution >= 0.6 is 0 Å². The van der Waals surface area contributed by atoms with Crippen LogP contribution < -0.4 is 5.32 Å². The molecule has 0 aromatic rings. The van der Waals surface area contributed by atoms with Crippen molar-refractivity contribution in [3.05, 3.63) is 0 Å². The van der Waals surface area contributed by atoms with Crippen LogP contribution in [-0.4, -0.2) is 11.9 Å². The highest BCUT2D eigenvalue weighted by atomic mass is 16.1. The van der Waals surface area contributed by atoms with Gasteiger partial charge in [-0.3, -0.25) is 4.79 Å². The molecule has 0 rings (SSSR count). The monoisotopic (exact) mass is 213 g/mol. The van der Waals surface area contributed by atoms with Gasteiger partial charge in [0.1, 0.15) is 0 Å². The van der Waals surface area contributed by atoms with Gasteiger partial charge in [0.2, 0.25) is 5.91 Å². The number of unbranched alkanes of at least 4 members (excludes halogenated alkanes) is 1. The van der Waals surface area contributed by atoms with Gasteiger partial charge in [-0.25, -0.2) is 0 Å². The lowest BCUT2D eigenvalue weighted by Crippen LogP contribution is -2.37. The maximum atomic E-state index is 11.9. The Bertz CT molecular complexity index is 168. The Balaban J connectivity index is 3.91. The molecule has 2 atom stereocenters. The quantitative estimate of drug-likeness (QED) is 0.657. The maximum Gasteiger partial charge on any atom is 0.223 e. The Kier molecular flexibility index (Phi) is 8.44. The molecule has 0 aromatic heterocycles. The molecule has 1 amide bonds. The molecule has 0 fully saturated rings. The Morgan fingerprint density at radius 2 is 1.80 bits per heavy atom. The van der Waals surface area contributed by atoms with Crippen molar-refractivity contribution in [2.75, 3.05) is 0 Å². The van der Waals surface area contributed by atoms with E-state index in [4.69, 9.17) is 0 Å². The highest BCUT2D eigenvalue weighted by Crippen LogP contribution is 2.13. The van der Waals surface area contributed by atoms with Crippen LogP contribution in [0.3, 0.4) is 0 Å². The van der Waals surface area contributed by atoms with E-state index in [0.717, 1.165) is 32.1 Å². The fourth-order valence-corrected chi connectivity index (χ4v) is 1.84. The van der Waals surface area contributed by atoms with Crippen LogP contribution in [-0.2, 0) is 4.79 Å². The van der Waals surface area contributed by atoms with E-state index in [-0.39, 0.29) is 11.8 Å². The van der Waals surface area contributed by atoms with Gasteiger partial charge in [0.25, 0.3) is 0 Å². The van der Waals surface area contributed by atoms with Crippen molar-refractivity contribution in [2.24, 2.45) is 5.92 Å². The van der Waals surface area contributed by atoms with Crippen LogP contribution in [0.1, 0.15) is 66.2 Å². The highest BCUT2D eigenvalue weighted by molar-refractivity contribution is 5.78. The summed E-state index contributed by atoms with van der Waals surface area (Å²) in [5.41, 5.74) is 0. The van der Waals surface area contributed by atoms with Crippen LogP contribution in [0.25, 0.3) is 0 Å². The van der Waals surface area contributed by atoms with E-state index in [1.165, 1.54) is 6.42 Å². The largest absolute Gasteiger partial charge is 0.353 e. The SMILES string of the molecule is CCCC[C@@H](CC)C(=O)N[C@@H](C)CCC. The number of carbonyl (C=O) groups is 1. The third-order valence-electron chi connectivity index (χ3n) is 2.88. The minimum Gasteiger partial charge on any atom is -0.353 e. The van der Waals surface area contributed by atoms with Crippen LogP contribution in [0.5, 0.6) is 0 Å². The highest BCUT2D eigenvalue weighted by Gasteiger charge is 2.16. The summed E-state index contributed by atoms with van der Waals surface area (Å²) < 4.78 is 0. The van der Waals surface area contributed by atoms with E-state index in [1.807, 2.05) is 0 Å². The Hall–Kier alpha value is -0.530. The summed E-state index contributed by atoms with van der Waals surface area (Å²) in [6.45, 7) is 8.51. The lowest BCUT2D eigenvalue weighted by Gasteiger charge is -2.18. The summed E-state index contributed by atoms with van der Waals surface area (Å²) in [4.78, 5) is 11.9. The molecule has 0 unspecified atom stereocenters. The second-order valence-electron chi connectivity index (χ2n) is 4.45. The van der Waals surface area contributed by atoms with Crippen LogP contribution in [0.2, 0.25) is 0 Å². The predicted molar refractivity (Wildman–Crippen MR) is 65.8 cm³/mol. The minimum atomic E-state index is 0.226. The van der Waals surface area contributed by atoms with Gasteiger partial charge in [-0.1, -0.05) is 40.0 Å². The molecule has 0 aromatic carbocycles. The Morgan fingerprint density at radius 3 is 2.27 bits per heavy atom. The summed E-state index contributed by atoms with van der Waals surface area (Å²) in [7, 11) is 0. The third-order valence-corrected chi connectivity index (χ3v) is 2.88. The van der Waals surface area contributed by atoms with Crippen molar-refractivity contribution in [2.45, 2.75) is 72.3 Å². The van der Waals surface area contributed by atoms with E-state index in [2.05, 4.69) is 33.0 Å². The first-order chi connectivity index (χ1) is 7.15.